The second-order valence-electron chi connectivity index (χ2n) is 17.0. The summed E-state index contributed by atoms with van der Waals surface area (Å²) in [7, 11) is 0. The van der Waals surface area contributed by atoms with Gasteiger partial charge in [-0.1, -0.05) is 258 Å². The molecule has 5 nitrogen and oxygen atoms in total. The van der Waals surface area contributed by atoms with Crippen LogP contribution in [0.15, 0.2) is 0 Å². The smallest absolute Gasteiger partial charge is 0.220 e. The molecular weight excluding hydrogens is 655 g/mol. The zero-order valence-electron chi connectivity index (χ0n) is 36.2. The van der Waals surface area contributed by atoms with Crippen LogP contribution in [0.4, 0.5) is 0 Å². The van der Waals surface area contributed by atoms with Gasteiger partial charge in [0.25, 0.3) is 0 Å². The third-order valence-electron chi connectivity index (χ3n) is 11.7. The zero-order valence-corrected chi connectivity index (χ0v) is 36.2. The Labute approximate surface area is 332 Å². The zero-order chi connectivity index (χ0) is 38.7. The first-order valence-corrected chi connectivity index (χ1v) is 24.3. The maximum absolute atomic E-state index is 12.4. The SMILES string of the molecule is CCCCCCCCCCCCCCCCCCCCCCCCCCCCCCCCC(=O)N[C@@H](CO)[C@H](O)[C@H](O)CCCCCCCCCCC. The minimum atomic E-state index is -1.13. The summed E-state index contributed by atoms with van der Waals surface area (Å²) in [5.41, 5.74) is 0. The third-order valence-corrected chi connectivity index (χ3v) is 11.7. The number of rotatable bonds is 45. The Bertz CT molecular complexity index is 703. The number of hydrogen-bond donors (Lipinski definition) is 4. The molecule has 0 bridgehead atoms. The van der Waals surface area contributed by atoms with Gasteiger partial charge in [-0.3, -0.25) is 4.79 Å². The average molecular weight is 752 g/mol. The van der Waals surface area contributed by atoms with Crippen LogP contribution < -0.4 is 5.32 Å². The largest absolute Gasteiger partial charge is 0.394 e. The van der Waals surface area contributed by atoms with Crippen LogP contribution in [0.25, 0.3) is 0 Å². The molecule has 0 aliphatic heterocycles. The van der Waals surface area contributed by atoms with Crippen molar-refractivity contribution >= 4 is 5.91 Å². The molecule has 0 saturated heterocycles. The van der Waals surface area contributed by atoms with E-state index in [0.717, 1.165) is 38.5 Å². The van der Waals surface area contributed by atoms with Gasteiger partial charge >= 0.3 is 0 Å². The molecule has 0 aliphatic rings. The summed E-state index contributed by atoms with van der Waals surface area (Å²) in [5.74, 6) is -0.140. The van der Waals surface area contributed by atoms with E-state index >= 15 is 0 Å². The Morgan fingerprint density at radius 1 is 0.396 bits per heavy atom. The summed E-state index contributed by atoms with van der Waals surface area (Å²) in [4.78, 5) is 12.4. The van der Waals surface area contributed by atoms with Gasteiger partial charge in [0.2, 0.25) is 5.91 Å². The van der Waals surface area contributed by atoms with Crippen LogP contribution in [-0.4, -0.2) is 46.1 Å². The number of carbonyl (C=O) groups excluding carboxylic acids is 1. The molecule has 0 saturated carbocycles. The third kappa shape index (κ3) is 39.4. The van der Waals surface area contributed by atoms with Gasteiger partial charge in [-0.05, 0) is 12.8 Å². The summed E-state index contributed by atoms with van der Waals surface area (Å²) in [6.07, 6.45) is 51.1. The number of amides is 1. The van der Waals surface area contributed by atoms with Gasteiger partial charge in [-0.25, -0.2) is 0 Å². The molecule has 0 spiro atoms. The normalized spacial score (nSPS) is 13.4. The maximum Gasteiger partial charge on any atom is 0.220 e. The van der Waals surface area contributed by atoms with E-state index in [0.29, 0.717) is 12.8 Å². The fraction of sp³-hybridized carbons (Fsp3) is 0.979. The van der Waals surface area contributed by atoms with Crippen molar-refractivity contribution in [2.45, 2.75) is 295 Å². The van der Waals surface area contributed by atoms with Crippen molar-refractivity contribution < 1.29 is 20.1 Å². The number of aliphatic hydroxyl groups is 3. The van der Waals surface area contributed by atoms with E-state index in [2.05, 4.69) is 19.2 Å². The van der Waals surface area contributed by atoms with Gasteiger partial charge in [0.1, 0.15) is 6.10 Å². The molecule has 0 aromatic heterocycles. The van der Waals surface area contributed by atoms with E-state index in [1.807, 2.05) is 0 Å². The first-order chi connectivity index (χ1) is 26.1. The highest BCUT2D eigenvalue weighted by molar-refractivity contribution is 5.76. The van der Waals surface area contributed by atoms with E-state index in [4.69, 9.17) is 0 Å². The van der Waals surface area contributed by atoms with Crippen LogP contribution in [-0.2, 0) is 4.79 Å². The number of unbranched alkanes of at least 4 members (excludes halogenated alkanes) is 37. The monoisotopic (exact) mass is 752 g/mol. The maximum atomic E-state index is 12.4. The molecule has 0 unspecified atom stereocenters. The molecule has 0 radical (unpaired) electrons. The molecule has 318 valence electrons. The Morgan fingerprint density at radius 2 is 0.642 bits per heavy atom. The van der Waals surface area contributed by atoms with Gasteiger partial charge in [0.05, 0.1) is 18.8 Å². The van der Waals surface area contributed by atoms with E-state index in [1.54, 1.807) is 0 Å². The standard InChI is InChI=1S/C48H97NO4/c1-3-5-7-9-11-13-14-15-16-17-18-19-20-21-22-23-24-25-26-27-28-29-30-31-32-33-35-37-39-41-43-47(52)49-45(44-50)48(53)46(51)42-40-38-36-34-12-10-8-6-4-2/h45-46,48,50-51,53H,3-44H2,1-2H3,(H,49,52)/t45-,46+,48-/m0/s1. The van der Waals surface area contributed by atoms with Crippen molar-refractivity contribution in [2.75, 3.05) is 6.61 Å². The first kappa shape index (κ1) is 52.3. The highest BCUT2D eigenvalue weighted by Crippen LogP contribution is 2.18. The number of aliphatic hydroxyl groups excluding tert-OH is 3. The van der Waals surface area contributed by atoms with Crippen molar-refractivity contribution in [3.05, 3.63) is 0 Å². The van der Waals surface area contributed by atoms with Crippen molar-refractivity contribution in [1.29, 1.82) is 0 Å². The Balaban J connectivity index is 3.42. The van der Waals surface area contributed by atoms with Gasteiger partial charge in [0, 0.05) is 6.42 Å². The molecule has 0 aromatic carbocycles. The van der Waals surface area contributed by atoms with Crippen molar-refractivity contribution in [3.8, 4) is 0 Å². The predicted octanol–water partition coefficient (Wildman–Crippen LogP) is 14.2. The van der Waals surface area contributed by atoms with E-state index in [-0.39, 0.29) is 12.5 Å². The molecule has 4 N–H and O–H groups in total. The molecule has 5 heteroatoms. The molecule has 53 heavy (non-hydrogen) atoms. The molecule has 0 aromatic rings. The molecule has 0 heterocycles. The van der Waals surface area contributed by atoms with Crippen LogP contribution in [0.3, 0.4) is 0 Å². The number of nitrogens with one attached hydrogen (secondary N) is 1. The van der Waals surface area contributed by atoms with Gasteiger partial charge in [-0.2, -0.15) is 0 Å². The lowest BCUT2D eigenvalue weighted by atomic mass is 9.99. The molecule has 1 amide bonds. The van der Waals surface area contributed by atoms with E-state index in [1.165, 1.54) is 212 Å². The summed E-state index contributed by atoms with van der Waals surface area (Å²) in [6, 6.07) is -0.801. The summed E-state index contributed by atoms with van der Waals surface area (Å²) >= 11 is 0. The van der Waals surface area contributed by atoms with Gasteiger partial charge in [0.15, 0.2) is 0 Å². The number of hydrogen-bond acceptors (Lipinski definition) is 4. The van der Waals surface area contributed by atoms with E-state index < -0.39 is 18.2 Å². The van der Waals surface area contributed by atoms with Crippen LogP contribution >= 0.6 is 0 Å². The van der Waals surface area contributed by atoms with Crippen molar-refractivity contribution in [1.82, 2.24) is 5.32 Å². The molecule has 3 atom stereocenters. The Morgan fingerprint density at radius 3 is 0.906 bits per heavy atom. The highest BCUT2D eigenvalue weighted by atomic mass is 16.3. The van der Waals surface area contributed by atoms with E-state index in [9.17, 15) is 20.1 Å². The van der Waals surface area contributed by atoms with Gasteiger partial charge in [-0.15, -0.1) is 0 Å². The Hall–Kier alpha value is -0.650. The summed E-state index contributed by atoms with van der Waals surface area (Å²) < 4.78 is 0. The van der Waals surface area contributed by atoms with Crippen LogP contribution in [0.2, 0.25) is 0 Å². The predicted molar refractivity (Wildman–Crippen MR) is 232 cm³/mol. The molecule has 0 aliphatic carbocycles. The topological polar surface area (TPSA) is 89.8 Å². The quantitative estimate of drug-likeness (QED) is 0.0466. The lowest BCUT2D eigenvalue weighted by Gasteiger charge is -2.26. The summed E-state index contributed by atoms with van der Waals surface area (Å²) in [5, 5.41) is 33.4. The van der Waals surface area contributed by atoms with Crippen LogP contribution in [0, 0.1) is 0 Å². The van der Waals surface area contributed by atoms with Crippen molar-refractivity contribution in [3.63, 3.8) is 0 Å². The molecule has 0 rings (SSSR count). The lowest BCUT2D eigenvalue weighted by molar-refractivity contribution is -0.124. The fourth-order valence-electron chi connectivity index (χ4n) is 7.93. The van der Waals surface area contributed by atoms with Crippen molar-refractivity contribution in [2.24, 2.45) is 0 Å². The Kier molecular flexibility index (Phi) is 43.5. The number of carbonyl (C=O) groups is 1. The fourth-order valence-corrected chi connectivity index (χ4v) is 7.93. The van der Waals surface area contributed by atoms with Gasteiger partial charge < -0.3 is 20.6 Å². The second kappa shape index (κ2) is 44.1. The van der Waals surface area contributed by atoms with Crippen LogP contribution in [0.5, 0.6) is 0 Å². The minimum absolute atomic E-state index is 0.140. The van der Waals surface area contributed by atoms with Crippen LogP contribution in [0.1, 0.15) is 277 Å². The molecular formula is C48H97NO4. The highest BCUT2D eigenvalue weighted by Gasteiger charge is 2.26. The minimum Gasteiger partial charge on any atom is -0.394 e. The average Bonchev–Trinajstić information content (AvgIpc) is 3.16. The second-order valence-corrected chi connectivity index (χ2v) is 17.0. The molecule has 0 fully saturated rings. The first-order valence-electron chi connectivity index (χ1n) is 24.3. The summed E-state index contributed by atoms with van der Waals surface area (Å²) in [6.45, 7) is 4.17. The lowest BCUT2D eigenvalue weighted by Crippen LogP contribution is -2.50.